The number of Topliss-reactive ketones (excluding diaryl/α,β-unsaturated/α-hetero) is 1. The fourth-order valence-corrected chi connectivity index (χ4v) is 3.75. The lowest BCUT2D eigenvalue weighted by atomic mass is 9.95. The number of H-pyrrole nitrogens is 1. The molecule has 0 saturated carbocycles. The van der Waals surface area contributed by atoms with E-state index >= 15 is 0 Å². The van der Waals surface area contributed by atoms with Gasteiger partial charge in [-0.25, -0.2) is 0 Å². The van der Waals surface area contributed by atoms with Crippen molar-refractivity contribution in [3.63, 3.8) is 0 Å². The van der Waals surface area contributed by atoms with Crippen LogP contribution in [0.25, 0.3) is 27.6 Å². The molecule has 4 nitrogen and oxygen atoms in total. The first-order valence-corrected chi connectivity index (χ1v) is 10.3. The molecule has 152 valence electrons. The molecule has 1 aliphatic rings. The minimum atomic E-state index is 0.121. The van der Waals surface area contributed by atoms with Crippen LogP contribution >= 0.6 is 0 Å². The van der Waals surface area contributed by atoms with Gasteiger partial charge in [0.2, 0.25) is 0 Å². The van der Waals surface area contributed by atoms with Gasteiger partial charge in [-0.3, -0.25) is 4.79 Å². The van der Waals surface area contributed by atoms with Gasteiger partial charge in [0, 0.05) is 45.9 Å². The zero-order valence-corrected chi connectivity index (χ0v) is 17.6. The Labute approximate surface area is 177 Å². The van der Waals surface area contributed by atoms with Crippen molar-refractivity contribution in [3.05, 3.63) is 84.3 Å². The number of aromatic amines is 1. The summed E-state index contributed by atoms with van der Waals surface area (Å²) < 4.78 is 5.81. The maximum Gasteiger partial charge on any atom is 0.162 e. The van der Waals surface area contributed by atoms with Gasteiger partial charge in [-0.2, -0.15) is 0 Å². The van der Waals surface area contributed by atoms with Crippen LogP contribution < -0.4 is 10.1 Å². The summed E-state index contributed by atoms with van der Waals surface area (Å²) >= 11 is 0. The van der Waals surface area contributed by atoms with Crippen molar-refractivity contribution >= 4 is 22.3 Å². The highest BCUT2D eigenvalue weighted by molar-refractivity contribution is 6.07. The molecule has 1 aliphatic heterocycles. The van der Waals surface area contributed by atoms with Crippen LogP contribution in [0.3, 0.4) is 0 Å². The molecule has 0 aliphatic carbocycles. The lowest BCUT2D eigenvalue weighted by Crippen LogP contribution is -2.09. The number of ether oxygens (including phenoxy) is 1. The van der Waals surface area contributed by atoms with E-state index in [1.54, 1.807) is 0 Å². The first-order chi connectivity index (χ1) is 14.5. The number of hydrogen-bond donors (Lipinski definition) is 2. The van der Waals surface area contributed by atoms with Crippen LogP contribution in [0.5, 0.6) is 5.75 Å². The van der Waals surface area contributed by atoms with Crippen molar-refractivity contribution in [2.75, 3.05) is 0 Å². The molecule has 4 heteroatoms. The third-order valence-corrected chi connectivity index (χ3v) is 5.17. The number of aromatic nitrogens is 1. The van der Waals surface area contributed by atoms with Crippen LogP contribution in [0.1, 0.15) is 43.2 Å². The molecule has 2 aromatic carbocycles. The molecule has 0 amide bonds. The molecule has 2 N–H and O–H groups in total. The quantitative estimate of drug-likeness (QED) is 0.484. The number of fused-ring (bicyclic) bond motifs is 1. The highest BCUT2D eigenvalue weighted by Crippen LogP contribution is 2.39. The van der Waals surface area contributed by atoms with Crippen molar-refractivity contribution in [1.82, 2.24) is 10.3 Å². The van der Waals surface area contributed by atoms with Gasteiger partial charge < -0.3 is 15.0 Å². The molecule has 30 heavy (non-hydrogen) atoms. The standard InChI is InChI=1S/C26H26N2O2/c1-5-24(29)19-10-13-23-22(15-19)25(18-8-11-20(12-9-18)30-16(2)3)26(28-23)21-7-6-14-27-17(21)4/h6-16,27-28H,4-5H2,1-3H3. The summed E-state index contributed by atoms with van der Waals surface area (Å²) in [5.41, 5.74) is 6.62. The van der Waals surface area contributed by atoms with Gasteiger partial charge in [0.05, 0.1) is 11.8 Å². The molecule has 0 atom stereocenters. The van der Waals surface area contributed by atoms with E-state index in [1.165, 1.54) is 0 Å². The lowest BCUT2D eigenvalue weighted by Gasteiger charge is -2.15. The van der Waals surface area contributed by atoms with E-state index in [4.69, 9.17) is 4.74 Å². The molecule has 1 aromatic heterocycles. The van der Waals surface area contributed by atoms with Gasteiger partial charge in [0.15, 0.2) is 5.78 Å². The predicted molar refractivity (Wildman–Crippen MR) is 124 cm³/mol. The molecule has 0 spiro atoms. The number of carbonyl (C=O) groups is 1. The Bertz CT molecular complexity index is 1180. The Morgan fingerprint density at radius 3 is 2.57 bits per heavy atom. The molecular weight excluding hydrogens is 372 g/mol. The number of dihydropyridines is 1. The summed E-state index contributed by atoms with van der Waals surface area (Å²) in [7, 11) is 0. The van der Waals surface area contributed by atoms with Crippen molar-refractivity contribution < 1.29 is 9.53 Å². The maximum absolute atomic E-state index is 12.3. The second-order valence-electron chi connectivity index (χ2n) is 7.67. The van der Waals surface area contributed by atoms with Crippen LogP contribution in [0.2, 0.25) is 0 Å². The average Bonchev–Trinajstić information content (AvgIpc) is 3.12. The Balaban J connectivity index is 1.92. The average molecular weight is 399 g/mol. The number of ketones is 1. The summed E-state index contributed by atoms with van der Waals surface area (Å²) in [6.45, 7) is 10.1. The third-order valence-electron chi connectivity index (χ3n) is 5.17. The molecule has 2 heterocycles. The summed E-state index contributed by atoms with van der Waals surface area (Å²) in [5.74, 6) is 0.972. The summed E-state index contributed by atoms with van der Waals surface area (Å²) in [6.07, 6.45) is 6.47. The Hall–Kier alpha value is -3.53. The Kier molecular flexibility index (Phi) is 5.32. The second kappa shape index (κ2) is 8.07. The Morgan fingerprint density at radius 1 is 1.13 bits per heavy atom. The van der Waals surface area contributed by atoms with Crippen LogP contribution in [0, 0.1) is 0 Å². The normalized spacial score (nSPS) is 13.5. The topological polar surface area (TPSA) is 54.1 Å². The second-order valence-corrected chi connectivity index (χ2v) is 7.67. The number of nitrogens with one attached hydrogen (secondary N) is 2. The number of benzene rings is 2. The van der Waals surface area contributed by atoms with E-state index in [0.29, 0.717) is 6.42 Å². The summed E-state index contributed by atoms with van der Waals surface area (Å²) in [4.78, 5) is 15.9. The maximum atomic E-state index is 12.3. The lowest BCUT2D eigenvalue weighted by molar-refractivity contribution is 0.0988. The van der Waals surface area contributed by atoms with Crippen LogP contribution in [0.15, 0.2) is 73.1 Å². The first-order valence-electron chi connectivity index (χ1n) is 10.3. The molecular formula is C26H26N2O2. The molecule has 0 bridgehead atoms. The monoisotopic (exact) mass is 398 g/mol. The van der Waals surface area contributed by atoms with Gasteiger partial charge >= 0.3 is 0 Å². The smallest absolute Gasteiger partial charge is 0.162 e. The fourth-order valence-electron chi connectivity index (χ4n) is 3.75. The van der Waals surface area contributed by atoms with E-state index in [-0.39, 0.29) is 11.9 Å². The Morgan fingerprint density at radius 2 is 1.90 bits per heavy atom. The van der Waals surface area contributed by atoms with Gasteiger partial charge in [0.1, 0.15) is 5.75 Å². The molecule has 3 aromatic rings. The SMILES string of the molecule is C=C1NC=CC=C1c1[nH]c2ccc(C(=O)CC)cc2c1-c1ccc(OC(C)C)cc1. The van der Waals surface area contributed by atoms with Crippen molar-refractivity contribution in [2.24, 2.45) is 0 Å². The highest BCUT2D eigenvalue weighted by atomic mass is 16.5. The van der Waals surface area contributed by atoms with Crippen LogP contribution in [0.4, 0.5) is 0 Å². The number of hydrogen-bond acceptors (Lipinski definition) is 3. The van der Waals surface area contributed by atoms with Gasteiger partial charge in [-0.15, -0.1) is 0 Å². The minimum Gasteiger partial charge on any atom is -0.491 e. The van der Waals surface area contributed by atoms with Gasteiger partial charge in [0.25, 0.3) is 0 Å². The molecule has 0 fully saturated rings. The zero-order chi connectivity index (χ0) is 21.3. The number of rotatable bonds is 6. The summed E-state index contributed by atoms with van der Waals surface area (Å²) in [5, 5.41) is 4.20. The highest BCUT2D eigenvalue weighted by Gasteiger charge is 2.20. The molecule has 0 radical (unpaired) electrons. The van der Waals surface area contributed by atoms with E-state index in [1.807, 2.05) is 69.5 Å². The zero-order valence-electron chi connectivity index (χ0n) is 17.6. The largest absolute Gasteiger partial charge is 0.491 e. The van der Waals surface area contributed by atoms with Gasteiger partial charge in [-0.05, 0) is 61.9 Å². The predicted octanol–water partition coefficient (Wildman–Crippen LogP) is 6.23. The first kappa shape index (κ1) is 19.8. The number of allylic oxidation sites excluding steroid dienone is 3. The van der Waals surface area contributed by atoms with E-state index in [9.17, 15) is 4.79 Å². The number of carbonyl (C=O) groups excluding carboxylic acids is 1. The van der Waals surface area contributed by atoms with E-state index < -0.39 is 0 Å². The van der Waals surface area contributed by atoms with Crippen molar-refractivity contribution in [1.29, 1.82) is 0 Å². The van der Waals surface area contributed by atoms with Crippen LogP contribution in [-0.2, 0) is 0 Å². The fraction of sp³-hybridized carbons (Fsp3) is 0.192. The molecule has 0 saturated heterocycles. The summed E-state index contributed by atoms with van der Waals surface area (Å²) in [6, 6.07) is 14.0. The van der Waals surface area contributed by atoms with Gasteiger partial charge in [-0.1, -0.05) is 25.6 Å². The van der Waals surface area contributed by atoms with Crippen molar-refractivity contribution in [2.45, 2.75) is 33.3 Å². The van der Waals surface area contributed by atoms with Crippen molar-refractivity contribution in [3.8, 4) is 16.9 Å². The van der Waals surface area contributed by atoms with Crippen LogP contribution in [-0.4, -0.2) is 16.9 Å². The molecule has 0 unspecified atom stereocenters. The molecule has 4 rings (SSSR count). The third kappa shape index (κ3) is 3.69. The van der Waals surface area contributed by atoms with E-state index in [0.717, 1.165) is 50.3 Å². The minimum absolute atomic E-state index is 0.121. The van der Waals surface area contributed by atoms with E-state index in [2.05, 4.69) is 29.0 Å².